The summed E-state index contributed by atoms with van der Waals surface area (Å²) in [5.41, 5.74) is 2.84. The van der Waals surface area contributed by atoms with Gasteiger partial charge in [0, 0.05) is 22.9 Å². The standard InChI is InChI=1S/C16H11ClN4S2/c17-13-6-2-1-5-12(13)15-18-11(9-22-15)10-23-16-20-19-14-7-3-4-8-21(14)16/h1-9H,10H2. The fourth-order valence-corrected chi connectivity index (χ4v) is 4.25. The van der Waals surface area contributed by atoms with Gasteiger partial charge in [0.05, 0.1) is 10.7 Å². The summed E-state index contributed by atoms with van der Waals surface area (Å²) in [5, 5.41) is 13.0. The second-order valence-corrected chi connectivity index (χ2v) is 7.03. The lowest BCUT2D eigenvalue weighted by Crippen LogP contribution is -1.88. The first-order valence-corrected chi connectivity index (χ1v) is 9.17. The lowest BCUT2D eigenvalue weighted by Gasteiger charge is -1.99. The molecule has 0 N–H and O–H groups in total. The molecule has 4 rings (SSSR count). The van der Waals surface area contributed by atoms with Gasteiger partial charge in [0.25, 0.3) is 0 Å². The maximum atomic E-state index is 6.23. The maximum absolute atomic E-state index is 6.23. The Balaban J connectivity index is 1.53. The molecule has 4 aromatic rings. The molecule has 0 aliphatic rings. The molecule has 3 heterocycles. The molecule has 23 heavy (non-hydrogen) atoms. The smallest absolute Gasteiger partial charge is 0.195 e. The van der Waals surface area contributed by atoms with Crippen molar-refractivity contribution in [3.63, 3.8) is 0 Å². The van der Waals surface area contributed by atoms with Crippen molar-refractivity contribution in [1.29, 1.82) is 0 Å². The quantitative estimate of drug-likeness (QED) is 0.491. The zero-order valence-corrected chi connectivity index (χ0v) is 14.3. The van der Waals surface area contributed by atoms with Gasteiger partial charge in [-0.1, -0.05) is 47.6 Å². The molecular formula is C16H11ClN4S2. The van der Waals surface area contributed by atoms with Crippen LogP contribution in [0.4, 0.5) is 0 Å². The zero-order valence-electron chi connectivity index (χ0n) is 11.9. The minimum Gasteiger partial charge on any atom is -0.277 e. The average molecular weight is 359 g/mol. The van der Waals surface area contributed by atoms with Crippen LogP contribution in [0.3, 0.4) is 0 Å². The Morgan fingerprint density at radius 1 is 1.09 bits per heavy atom. The predicted octanol–water partition coefficient (Wildman–Crippen LogP) is 4.80. The molecule has 7 heteroatoms. The van der Waals surface area contributed by atoms with Crippen molar-refractivity contribution in [3.8, 4) is 10.6 Å². The molecule has 0 unspecified atom stereocenters. The number of pyridine rings is 1. The second kappa shape index (κ2) is 6.31. The van der Waals surface area contributed by atoms with E-state index >= 15 is 0 Å². The van der Waals surface area contributed by atoms with Crippen LogP contribution in [0.2, 0.25) is 5.02 Å². The van der Waals surface area contributed by atoms with Gasteiger partial charge >= 0.3 is 0 Å². The number of rotatable bonds is 4. The van der Waals surface area contributed by atoms with Gasteiger partial charge in [0.15, 0.2) is 10.8 Å². The maximum Gasteiger partial charge on any atom is 0.195 e. The Kier molecular flexibility index (Phi) is 4.03. The summed E-state index contributed by atoms with van der Waals surface area (Å²) in [6, 6.07) is 13.6. The van der Waals surface area contributed by atoms with Crippen LogP contribution in [0.1, 0.15) is 5.69 Å². The Labute approximate surface area is 146 Å². The molecule has 0 aliphatic carbocycles. The van der Waals surface area contributed by atoms with Gasteiger partial charge in [-0.15, -0.1) is 21.5 Å². The second-order valence-electron chi connectivity index (χ2n) is 4.82. The molecule has 0 atom stereocenters. The minimum absolute atomic E-state index is 0.726. The topological polar surface area (TPSA) is 43.1 Å². The molecule has 0 spiro atoms. The van der Waals surface area contributed by atoms with Crippen LogP contribution in [0.15, 0.2) is 59.2 Å². The number of hydrogen-bond donors (Lipinski definition) is 0. The molecular weight excluding hydrogens is 348 g/mol. The lowest BCUT2D eigenvalue weighted by atomic mass is 10.2. The summed E-state index contributed by atoms with van der Waals surface area (Å²) in [6.45, 7) is 0. The van der Waals surface area contributed by atoms with Crippen molar-refractivity contribution in [2.24, 2.45) is 0 Å². The third-order valence-electron chi connectivity index (χ3n) is 3.29. The third kappa shape index (κ3) is 2.97. The van der Waals surface area contributed by atoms with Gasteiger partial charge in [-0.25, -0.2) is 4.98 Å². The van der Waals surface area contributed by atoms with E-state index in [2.05, 4.69) is 20.6 Å². The SMILES string of the molecule is Clc1ccccc1-c1nc(CSc2nnc3ccccn23)cs1. The first kappa shape index (κ1) is 14.7. The lowest BCUT2D eigenvalue weighted by molar-refractivity contribution is 0.920. The largest absolute Gasteiger partial charge is 0.277 e. The molecule has 0 amide bonds. The van der Waals surface area contributed by atoms with Gasteiger partial charge < -0.3 is 0 Å². The average Bonchev–Trinajstić information content (AvgIpc) is 3.20. The molecule has 1 aromatic carbocycles. The molecule has 3 aromatic heterocycles. The predicted molar refractivity (Wildman–Crippen MR) is 95.1 cm³/mol. The monoisotopic (exact) mass is 358 g/mol. The van der Waals surface area contributed by atoms with E-state index in [1.807, 2.05) is 53.1 Å². The zero-order chi connectivity index (χ0) is 15.6. The Morgan fingerprint density at radius 3 is 2.87 bits per heavy atom. The summed E-state index contributed by atoms with van der Waals surface area (Å²) < 4.78 is 1.98. The number of thioether (sulfide) groups is 1. The fourth-order valence-electron chi connectivity index (χ4n) is 2.19. The number of hydrogen-bond acceptors (Lipinski definition) is 5. The van der Waals surface area contributed by atoms with Crippen LogP contribution < -0.4 is 0 Å². The number of nitrogens with zero attached hydrogens (tertiary/aromatic N) is 4. The summed E-state index contributed by atoms with van der Waals surface area (Å²) in [4.78, 5) is 4.68. The van der Waals surface area contributed by atoms with Crippen molar-refractivity contribution in [2.75, 3.05) is 0 Å². The van der Waals surface area contributed by atoms with Crippen LogP contribution in [0, 0.1) is 0 Å². The molecule has 0 saturated heterocycles. The van der Waals surface area contributed by atoms with Crippen molar-refractivity contribution < 1.29 is 0 Å². The van der Waals surface area contributed by atoms with Gasteiger partial charge in [-0.3, -0.25) is 4.40 Å². The van der Waals surface area contributed by atoms with Crippen LogP contribution in [0.25, 0.3) is 16.2 Å². The Hall–Kier alpha value is -1.89. The molecule has 0 radical (unpaired) electrons. The molecule has 114 valence electrons. The highest BCUT2D eigenvalue weighted by Gasteiger charge is 2.10. The van der Waals surface area contributed by atoms with Gasteiger partial charge in [0.1, 0.15) is 5.01 Å². The van der Waals surface area contributed by atoms with E-state index in [-0.39, 0.29) is 0 Å². The molecule has 0 saturated carbocycles. The number of benzene rings is 1. The molecule has 0 fully saturated rings. The summed E-state index contributed by atoms with van der Waals surface area (Å²) in [7, 11) is 0. The summed E-state index contributed by atoms with van der Waals surface area (Å²) >= 11 is 9.46. The van der Waals surface area contributed by atoms with Gasteiger partial charge in [-0.2, -0.15) is 0 Å². The molecule has 0 bridgehead atoms. The highest BCUT2D eigenvalue weighted by molar-refractivity contribution is 7.98. The highest BCUT2D eigenvalue weighted by atomic mass is 35.5. The van der Waals surface area contributed by atoms with E-state index in [1.54, 1.807) is 23.1 Å². The first-order valence-electron chi connectivity index (χ1n) is 6.93. The number of fused-ring (bicyclic) bond motifs is 1. The van der Waals surface area contributed by atoms with E-state index in [0.717, 1.165) is 37.8 Å². The van der Waals surface area contributed by atoms with E-state index < -0.39 is 0 Å². The third-order valence-corrected chi connectivity index (χ3v) is 5.52. The summed E-state index contributed by atoms with van der Waals surface area (Å²) in [5.74, 6) is 0.747. The minimum atomic E-state index is 0.726. The highest BCUT2D eigenvalue weighted by Crippen LogP contribution is 2.31. The molecule has 4 nitrogen and oxygen atoms in total. The Morgan fingerprint density at radius 2 is 1.96 bits per heavy atom. The van der Waals surface area contributed by atoms with Crippen molar-refractivity contribution >= 4 is 40.3 Å². The van der Waals surface area contributed by atoms with Crippen LogP contribution in [0.5, 0.6) is 0 Å². The van der Waals surface area contributed by atoms with Crippen LogP contribution >= 0.6 is 34.7 Å². The van der Waals surface area contributed by atoms with Crippen LogP contribution in [-0.4, -0.2) is 19.6 Å². The Bertz CT molecular complexity index is 963. The normalized spacial score (nSPS) is 11.2. The van der Waals surface area contributed by atoms with Crippen LogP contribution in [-0.2, 0) is 5.75 Å². The fraction of sp³-hybridized carbons (Fsp3) is 0.0625. The van der Waals surface area contributed by atoms with Crippen molar-refractivity contribution in [2.45, 2.75) is 10.9 Å². The van der Waals surface area contributed by atoms with E-state index in [9.17, 15) is 0 Å². The number of halogens is 1. The number of thiazole rings is 1. The first-order chi connectivity index (χ1) is 11.3. The van der Waals surface area contributed by atoms with Crippen molar-refractivity contribution in [1.82, 2.24) is 19.6 Å². The number of aromatic nitrogens is 4. The van der Waals surface area contributed by atoms with E-state index in [0.29, 0.717) is 0 Å². The molecule has 0 aliphatic heterocycles. The summed E-state index contributed by atoms with van der Waals surface area (Å²) in [6.07, 6.45) is 1.97. The van der Waals surface area contributed by atoms with E-state index in [1.165, 1.54) is 0 Å². The van der Waals surface area contributed by atoms with E-state index in [4.69, 9.17) is 11.6 Å². The van der Waals surface area contributed by atoms with Gasteiger partial charge in [-0.05, 0) is 18.2 Å². The van der Waals surface area contributed by atoms with Gasteiger partial charge in [0.2, 0.25) is 0 Å². The van der Waals surface area contributed by atoms with Crippen molar-refractivity contribution in [3.05, 3.63) is 64.8 Å².